The second-order valence-corrected chi connectivity index (χ2v) is 2.86. The molecule has 1 aromatic heterocycles. The first-order valence-corrected chi connectivity index (χ1v) is 3.94. The van der Waals surface area contributed by atoms with Crippen LogP contribution < -0.4 is 5.56 Å². The molecule has 0 aliphatic heterocycles. The average Bonchev–Trinajstić information content (AvgIpc) is 2.45. The Bertz CT molecular complexity index is 439. The highest BCUT2D eigenvalue weighted by atomic mass is 16.4. The minimum Gasteiger partial charge on any atom is -0.463 e. The number of rotatable bonds is 0. The smallest absolute Gasteiger partial charge is 0.430 e. The maximum Gasteiger partial charge on any atom is 0.430 e. The van der Waals surface area contributed by atoms with Crippen molar-refractivity contribution in [3.8, 4) is 0 Å². The molecule has 0 fully saturated rings. The quantitative estimate of drug-likeness (QED) is 0.615. The van der Waals surface area contributed by atoms with Crippen LogP contribution in [0.3, 0.4) is 0 Å². The first kappa shape index (κ1) is 7.85. The monoisotopic (exact) mass is 180 g/mol. The number of hydrogen-bond donors (Lipinski definition) is 2. The largest absolute Gasteiger partial charge is 0.463 e. The van der Waals surface area contributed by atoms with E-state index in [1.165, 1.54) is 0 Å². The van der Waals surface area contributed by atoms with Crippen LogP contribution in [0.4, 0.5) is 4.79 Å². The van der Waals surface area contributed by atoms with Gasteiger partial charge in [0.05, 0.1) is 11.3 Å². The summed E-state index contributed by atoms with van der Waals surface area (Å²) in [5, 5.41) is 11.0. The number of H-pyrrole nitrogens is 1. The van der Waals surface area contributed by atoms with Gasteiger partial charge in [-0.3, -0.25) is 9.89 Å². The van der Waals surface area contributed by atoms with Gasteiger partial charge in [0.15, 0.2) is 0 Å². The number of allylic oxidation sites excluding steroid dienone is 1. The molecule has 0 saturated carbocycles. The molecule has 0 amide bonds. The number of hydrogen-bond acceptors (Lipinski definition) is 2. The van der Waals surface area contributed by atoms with E-state index in [4.69, 9.17) is 5.11 Å². The molecule has 5 nitrogen and oxygen atoms in total. The lowest BCUT2D eigenvalue weighted by Gasteiger charge is -2.05. The molecule has 1 aliphatic rings. The van der Waals surface area contributed by atoms with Crippen LogP contribution in [-0.2, 0) is 6.42 Å². The zero-order valence-corrected chi connectivity index (χ0v) is 6.78. The van der Waals surface area contributed by atoms with Crippen LogP contribution in [0, 0.1) is 0 Å². The Balaban J connectivity index is 2.69. The molecule has 2 rings (SSSR count). The first-order valence-electron chi connectivity index (χ1n) is 3.94. The van der Waals surface area contributed by atoms with Crippen LogP contribution in [0.2, 0.25) is 0 Å². The van der Waals surface area contributed by atoms with Crippen LogP contribution in [0.25, 0.3) is 6.08 Å². The predicted octanol–water partition coefficient (Wildman–Crippen LogP) is 0.662. The van der Waals surface area contributed by atoms with Crippen LogP contribution in [0.1, 0.15) is 17.7 Å². The fourth-order valence-electron chi connectivity index (χ4n) is 1.48. The number of fused-ring (bicyclic) bond motifs is 1. The molecule has 0 saturated heterocycles. The summed E-state index contributed by atoms with van der Waals surface area (Å²) < 4.78 is 0.890. The molecule has 0 radical (unpaired) electrons. The number of aromatic amines is 1. The van der Waals surface area contributed by atoms with Gasteiger partial charge in [-0.1, -0.05) is 12.2 Å². The van der Waals surface area contributed by atoms with Gasteiger partial charge in [-0.15, -0.1) is 0 Å². The Morgan fingerprint density at radius 1 is 1.62 bits per heavy atom. The predicted molar refractivity (Wildman–Crippen MR) is 45.8 cm³/mol. The summed E-state index contributed by atoms with van der Waals surface area (Å²) >= 11 is 0. The minimum atomic E-state index is -1.14. The Morgan fingerprint density at radius 3 is 3.08 bits per heavy atom. The van der Waals surface area contributed by atoms with E-state index in [0.717, 1.165) is 11.1 Å². The fraction of sp³-hybridized carbons (Fsp3) is 0.250. The molecule has 1 aliphatic carbocycles. The standard InChI is InChI=1S/C8H8N2O3/c11-7-5-3-1-2-4-6(5)10(9-7)8(12)13/h1,3H,2,4H2,(H,9,11)(H,12,13). The van der Waals surface area contributed by atoms with Gasteiger partial charge >= 0.3 is 6.09 Å². The second-order valence-electron chi connectivity index (χ2n) is 2.86. The summed E-state index contributed by atoms with van der Waals surface area (Å²) in [6.07, 6.45) is 3.75. The van der Waals surface area contributed by atoms with Crippen molar-refractivity contribution in [3.05, 3.63) is 27.7 Å². The number of nitrogens with one attached hydrogen (secondary N) is 1. The van der Waals surface area contributed by atoms with Crippen molar-refractivity contribution in [3.63, 3.8) is 0 Å². The van der Waals surface area contributed by atoms with Crippen molar-refractivity contribution in [1.82, 2.24) is 9.78 Å². The number of carboxylic acid groups (broad SMARTS) is 1. The number of aromatic nitrogens is 2. The summed E-state index contributed by atoms with van der Waals surface area (Å²) in [5.74, 6) is 0. The Labute approximate surface area is 73.3 Å². The van der Waals surface area contributed by atoms with Crippen molar-refractivity contribution < 1.29 is 9.90 Å². The van der Waals surface area contributed by atoms with Crippen molar-refractivity contribution in [2.75, 3.05) is 0 Å². The SMILES string of the molecule is O=C(O)n1[nH]c(=O)c2c1CCC=C2. The summed E-state index contributed by atoms with van der Waals surface area (Å²) in [7, 11) is 0. The van der Waals surface area contributed by atoms with Gasteiger partial charge in [-0.05, 0) is 12.8 Å². The highest BCUT2D eigenvalue weighted by Crippen LogP contribution is 2.14. The average molecular weight is 180 g/mol. The lowest BCUT2D eigenvalue weighted by molar-refractivity contribution is 0.191. The fourth-order valence-corrected chi connectivity index (χ4v) is 1.48. The van der Waals surface area contributed by atoms with Gasteiger partial charge in [0.1, 0.15) is 0 Å². The van der Waals surface area contributed by atoms with Crippen molar-refractivity contribution >= 4 is 12.2 Å². The number of carbonyl (C=O) groups is 1. The molecule has 0 atom stereocenters. The molecular formula is C8H8N2O3. The second kappa shape index (κ2) is 2.62. The normalized spacial score (nSPS) is 14.2. The van der Waals surface area contributed by atoms with E-state index in [9.17, 15) is 9.59 Å². The molecule has 1 heterocycles. The van der Waals surface area contributed by atoms with Gasteiger partial charge < -0.3 is 5.11 Å². The number of nitrogens with zero attached hydrogens (tertiary/aromatic N) is 1. The third kappa shape index (κ3) is 1.09. The summed E-state index contributed by atoms with van der Waals surface area (Å²) in [6, 6.07) is 0. The van der Waals surface area contributed by atoms with E-state index in [0.29, 0.717) is 17.7 Å². The minimum absolute atomic E-state index is 0.339. The van der Waals surface area contributed by atoms with Gasteiger partial charge in [0.25, 0.3) is 5.56 Å². The van der Waals surface area contributed by atoms with E-state index in [2.05, 4.69) is 5.10 Å². The molecular weight excluding hydrogens is 172 g/mol. The zero-order chi connectivity index (χ0) is 9.42. The third-order valence-electron chi connectivity index (χ3n) is 2.06. The van der Waals surface area contributed by atoms with E-state index < -0.39 is 6.09 Å². The highest BCUT2D eigenvalue weighted by molar-refractivity contribution is 5.70. The van der Waals surface area contributed by atoms with Crippen molar-refractivity contribution in [2.24, 2.45) is 0 Å². The molecule has 2 N–H and O–H groups in total. The van der Waals surface area contributed by atoms with Gasteiger partial charge in [-0.2, -0.15) is 4.68 Å². The van der Waals surface area contributed by atoms with Gasteiger partial charge in [-0.25, -0.2) is 4.79 Å². The Kier molecular flexibility index (Phi) is 1.58. The maximum absolute atomic E-state index is 11.2. The Hall–Kier alpha value is -1.78. The third-order valence-corrected chi connectivity index (χ3v) is 2.06. The van der Waals surface area contributed by atoms with Crippen LogP contribution >= 0.6 is 0 Å². The molecule has 0 spiro atoms. The van der Waals surface area contributed by atoms with Crippen LogP contribution in [0.15, 0.2) is 10.9 Å². The van der Waals surface area contributed by atoms with Crippen molar-refractivity contribution in [1.29, 1.82) is 0 Å². The summed E-state index contributed by atoms with van der Waals surface area (Å²) in [5.41, 5.74) is 0.682. The van der Waals surface area contributed by atoms with E-state index in [-0.39, 0.29) is 5.56 Å². The molecule has 0 unspecified atom stereocenters. The lowest BCUT2D eigenvalue weighted by Crippen LogP contribution is -2.15. The van der Waals surface area contributed by atoms with E-state index >= 15 is 0 Å². The van der Waals surface area contributed by atoms with Gasteiger partial charge in [0, 0.05) is 0 Å². The molecule has 68 valence electrons. The van der Waals surface area contributed by atoms with Crippen molar-refractivity contribution in [2.45, 2.75) is 12.8 Å². The maximum atomic E-state index is 11.2. The molecule has 5 heteroatoms. The van der Waals surface area contributed by atoms with Crippen LogP contribution in [-0.4, -0.2) is 21.0 Å². The zero-order valence-electron chi connectivity index (χ0n) is 6.78. The summed E-state index contributed by atoms with van der Waals surface area (Å²) in [6.45, 7) is 0. The molecule has 0 aromatic carbocycles. The topological polar surface area (TPSA) is 75.1 Å². The summed E-state index contributed by atoms with van der Waals surface area (Å²) in [4.78, 5) is 21.9. The molecule has 1 aromatic rings. The lowest BCUT2D eigenvalue weighted by atomic mass is 10.1. The molecule has 0 bridgehead atoms. The van der Waals surface area contributed by atoms with E-state index in [1.54, 1.807) is 6.08 Å². The van der Waals surface area contributed by atoms with Crippen LogP contribution in [0.5, 0.6) is 0 Å². The van der Waals surface area contributed by atoms with E-state index in [1.807, 2.05) is 6.08 Å². The first-order chi connectivity index (χ1) is 6.20. The Morgan fingerprint density at radius 2 is 2.38 bits per heavy atom. The van der Waals surface area contributed by atoms with Gasteiger partial charge in [0.2, 0.25) is 0 Å². The highest BCUT2D eigenvalue weighted by Gasteiger charge is 2.17. The molecule has 13 heavy (non-hydrogen) atoms.